The fourth-order valence-electron chi connectivity index (χ4n) is 3.10. The van der Waals surface area contributed by atoms with E-state index in [-0.39, 0.29) is 17.9 Å². The molecule has 1 amide bonds. The quantitative estimate of drug-likeness (QED) is 0.928. The molecule has 0 radical (unpaired) electrons. The van der Waals surface area contributed by atoms with Crippen molar-refractivity contribution >= 4 is 5.91 Å². The SMILES string of the molecule is Cc1ccc(C(C)NC(=O)C2CCCc3ccccc32)o1. The summed E-state index contributed by atoms with van der Waals surface area (Å²) in [7, 11) is 0. The molecule has 1 N–H and O–H groups in total. The van der Waals surface area contributed by atoms with Gasteiger partial charge in [0, 0.05) is 0 Å². The summed E-state index contributed by atoms with van der Waals surface area (Å²) < 4.78 is 5.59. The van der Waals surface area contributed by atoms with E-state index < -0.39 is 0 Å². The summed E-state index contributed by atoms with van der Waals surface area (Å²) in [5.74, 6) is 1.75. The minimum atomic E-state index is -0.0970. The van der Waals surface area contributed by atoms with Gasteiger partial charge in [0.2, 0.25) is 5.91 Å². The van der Waals surface area contributed by atoms with Gasteiger partial charge in [-0.3, -0.25) is 4.79 Å². The summed E-state index contributed by atoms with van der Waals surface area (Å²) >= 11 is 0. The van der Waals surface area contributed by atoms with Crippen molar-refractivity contribution in [2.45, 2.75) is 45.1 Å². The Balaban J connectivity index is 1.74. The van der Waals surface area contributed by atoms with Crippen molar-refractivity contribution in [1.82, 2.24) is 5.32 Å². The van der Waals surface area contributed by atoms with Crippen molar-refractivity contribution in [1.29, 1.82) is 0 Å². The highest BCUT2D eigenvalue weighted by molar-refractivity contribution is 5.84. The third-order valence-corrected chi connectivity index (χ3v) is 4.23. The van der Waals surface area contributed by atoms with Crippen molar-refractivity contribution in [2.75, 3.05) is 0 Å². The van der Waals surface area contributed by atoms with E-state index in [4.69, 9.17) is 4.42 Å². The van der Waals surface area contributed by atoms with Crippen LogP contribution in [0.15, 0.2) is 40.8 Å². The molecular formula is C18H21NO2. The topological polar surface area (TPSA) is 42.2 Å². The molecule has 0 bridgehead atoms. The number of benzene rings is 1. The molecule has 3 rings (SSSR count). The Bertz CT molecular complexity index is 644. The van der Waals surface area contributed by atoms with Crippen molar-refractivity contribution < 1.29 is 9.21 Å². The lowest BCUT2D eigenvalue weighted by molar-refractivity contribution is -0.123. The van der Waals surface area contributed by atoms with E-state index in [1.165, 1.54) is 11.1 Å². The molecule has 1 aromatic heterocycles. The van der Waals surface area contributed by atoms with Crippen molar-refractivity contribution in [3.05, 3.63) is 59.0 Å². The van der Waals surface area contributed by atoms with E-state index in [0.717, 1.165) is 30.8 Å². The van der Waals surface area contributed by atoms with E-state index in [1.54, 1.807) is 0 Å². The van der Waals surface area contributed by atoms with Crippen LogP contribution in [0, 0.1) is 6.92 Å². The number of hydrogen-bond acceptors (Lipinski definition) is 2. The van der Waals surface area contributed by atoms with Gasteiger partial charge in [0.25, 0.3) is 0 Å². The van der Waals surface area contributed by atoms with Gasteiger partial charge >= 0.3 is 0 Å². The minimum absolute atomic E-state index is 0.0338. The maximum atomic E-state index is 12.6. The first-order valence-corrected chi connectivity index (χ1v) is 7.59. The zero-order valence-electron chi connectivity index (χ0n) is 12.6. The number of nitrogens with one attached hydrogen (secondary N) is 1. The van der Waals surface area contributed by atoms with Gasteiger partial charge in [0.15, 0.2) is 0 Å². The Labute approximate surface area is 125 Å². The smallest absolute Gasteiger partial charge is 0.228 e. The first kappa shape index (κ1) is 13.9. The van der Waals surface area contributed by atoms with Crippen molar-refractivity contribution in [3.63, 3.8) is 0 Å². The lowest BCUT2D eigenvalue weighted by Crippen LogP contribution is -2.33. The minimum Gasteiger partial charge on any atom is -0.464 e. The predicted octanol–water partition coefficient (Wildman–Crippen LogP) is 3.89. The van der Waals surface area contributed by atoms with Crippen LogP contribution in [0.4, 0.5) is 0 Å². The lowest BCUT2D eigenvalue weighted by Gasteiger charge is -2.25. The van der Waals surface area contributed by atoms with Gasteiger partial charge in [-0.25, -0.2) is 0 Å². The largest absolute Gasteiger partial charge is 0.464 e. The molecule has 3 heteroatoms. The lowest BCUT2D eigenvalue weighted by atomic mass is 9.82. The Morgan fingerprint density at radius 3 is 2.86 bits per heavy atom. The van der Waals surface area contributed by atoms with Gasteiger partial charge < -0.3 is 9.73 Å². The van der Waals surface area contributed by atoms with Crippen LogP contribution in [0.25, 0.3) is 0 Å². The van der Waals surface area contributed by atoms with Gasteiger partial charge in [0.05, 0.1) is 12.0 Å². The normalized spacial score (nSPS) is 18.9. The molecule has 1 aliphatic rings. The number of rotatable bonds is 3. The molecule has 1 aliphatic carbocycles. The first-order valence-electron chi connectivity index (χ1n) is 7.59. The van der Waals surface area contributed by atoms with Crippen LogP contribution in [-0.4, -0.2) is 5.91 Å². The average Bonchev–Trinajstić information content (AvgIpc) is 2.93. The molecule has 2 aromatic rings. The molecule has 0 saturated heterocycles. The molecule has 0 aliphatic heterocycles. The fraction of sp³-hybridized carbons (Fsp3) is 0.389. The van der Waals surface area contributed by atoms with E-state index in [1.807, 2.05) is 38.1 Å². The van der Waals surface area contributed by atoms with Gasteiger partial charge in [-0.15, -0.1) is 0 Å². The molecule has 0 spiro atoms. The van der Waals surface area contributed by atoms with E-state index in [0.29, 0.717) is 0 Å². The van der Waals surface area contributed by atoms with Crippen LogP contribution >= 0.6 is 0 Å². The number of fused-ring (bicyclic) bond motifs is 1. The van der Waals surface area contributed by atoms with Crippen LogP contribution < -0.4 is 5.32 Å². The predicted molar refractivity (Wildman–Crippen MR) is 82.1 cm³/mol. The molecule has 1 aromatic carbocycles. The van der Waals surface area contributed by atoms with E-state index in [9.17, 15) is 4.79 Å². The zero-order valence-corrected chi connectivity index (χ0v) is 12.6. The second kappa shape index (κ2) is 5.76. The fourth-order valence-corrected chi connectivity index (χ4v) is 3.10. The third kappa shape index (κ3) is 2.87. The van der Waals surface area contributed by atoms with Crippen LogP contribution in [0.5, 0.6) is 0 Å². The summed E-state index contributed by atoms with van der Waals surface area (Å²) in [4.78, 5) is 12.6. The maximum Gasteiger partial charge on any atom is 0.228 e. The Morgan fingerprint density at radius 2 is 2.10 bits per heavy atom. The standard InChI is InChI=1S/C18H21NO2/c1-12-10-11-17(21-12)13(2)19-18(20)16-9-5-7-14-6-3-4-8-15(14)16/h3-4,6,8,10-11,13,16H,5,7,9H2,1-2H3,(H,19,20). The van der Waals surface area contributed by atoms with E-state index in [2.05, 4.69) is 17.4 Å². The second-order valence-corrected chi connectivity index (χ2v) is 5.82. The van der Waals surface area contributed by atoms with Gasteiger partial charge in [0.1, 0.15) is 11.5 Å². The van der Waals surface area contributed by atoms with Crippen molar-refractivity contribution in [3.8, 4) is 0 Å². The highest BCUT2D eigenvalue weighted by atomic mass is 16.3. The number of carbonyl (C=O) groups excluding carboxylic acids is 1. The zero-order chi connectivity index (χ0) is 14.8. The second-order valence-electron chi connectivity index (χ2n) is 5.82. The first-order chi connectivity index (χ1) is 10.1. The molecular weight excluding hydrogens is 262 g/mol. The number of aryl methyl sites for hydroxylation is 2. The van der Waals surface area contributed by atoms with Crippen LogP contribution in [0.2, 0.25) is 0 Å². The number of amides is 1. The molecule has 1 heterocycles. The summed E-state index contributed by atoms with van der Waals surface area (Å²) in [5.41, 5.74) is 2.49. The number of hydrogen-bond donors (Lipinski definition) is 1. The van der Waals surface area contributed by atoms with Gasteiger partial charge in [-0.2, -0.15) is 0 Å². The Kier molecular flexibility index (Phi) is 3.82. The number of furan rings is 1. The van der Waals surface area contributed by atoms with E-state index >= 15 is 0 Å². The molecule has 0 fully saturated rings. The molecule has 110 valence electrons. The highest BCUT2D eigenvalue weighted by Crippen LogP contribution is 2.32. The van der Waals surface area contributed by atoms with Crippen LogP contribution in [0.1, 0.15) is 54.4 Å². The highest BCUT2D eigenvalue weighted by Gasteiger charge is 2.27. The Morgan fingerprint density at radius 1 is 1.29 bits per heavy atom. The molecule has 21 heavy (non-hydrogen) atoms. The van der Waals surface area contributed by atoms with Crippen molar-refractivity contribution in [2.24, 2.45) is 0 Å². The molecule has 2 atom stereocenters. The summed E-state index contributed by atoms with van der Waals surface area (Å²) in [6, 6.07) is 12.0. The third-order valence-electron chi connectivity index (χ3n) is 4.23. The van der Waals surface area contributed by atoms with Gasteiger partial charge in [-0.1, -0.05) is 24.3 Å². The van der Waals surface area contributed by atoms with Crippen LogP contribution in [0.3, 0.4) is 0 Å². The monoisotopic (exact) mass is 283 g/mol. The average molecular weight is 283 g/mol. The van der Waals surface area contributed by atoms with Crippen LogP contribution in [-0.2, 0) is 11.2 Å². The summed E-state index contributed by atoms with van der Waals surface area (Å²) in [6.07, 6.45) is 3.07. The molecule has 0 saturated carbocycles. The Hall–Kier alpha value is -2.03. The summed E-state index contributed by atoms with van der Waals surface area (Å²) in [5, 5.41) is 3.09. The molecule has 3 nitrogen and oxygen atoms in total. The molecule has 2 unspecified atom stereocenters. The maximum absolute atomic E-state index is 12.6. The van der Waals surface area contributed by atoms with Gasteiger partial charge in [-0.05, 0) is 56.4 Å². The number of carbonyl (C=O) groups is 1. The summed E-state index contributed by atoms with van der Waals surface area (Å²) in [6.45, 7) is 3.88.